The minimum absolute atomic E-state index is 0.0941. The minimum atomic E-state index is -4.11. The first-order chi connectivity index (χ1) is 19.6. The molecule has 0 aliphatic carbocycles. The maximum absolute atomic E-state index is 14.2. The number of nitrogens with zero attached hydrogens (tertiary/aromatic N) is 2. The Bertz CT molecular complexity index is 1470. The van der Waals surface area contributed by atoms with E-state index in [2.05, 4.69) is 19.2 Å². The molecule has 0 bridgehead atoms. The highest BCUT2D eigenvalue weighted by Gasteiger charge is 2.34. The number of nitrogens with one attached hydrogen (secondary N) is 1. The molecular weight excluding hydrogens is 546 g/mol. The Morgan fingerprint density at radius 2 is 1.50 bits per heavy atom. The van der Waals surface area contributed by atoms with E-state index in [1.807, 2.05) is 77.9 Å². The molecule has 1 atom stereocenters. The van der Waals surface area contributed by atoms with Crippen LogP contribution in [-0.2, 0) is 26.2 Å². The molecule has 0 aromatic heterocycles. The molecular formula is C34H45N3O4S. The maximum atomic E-state index is 14.2. The molecule has 3 aromatic rings. The van der Waals surface area contributed by atoms with E-state index < -0.39 is 34.1 Å². The van der Waals surface area contributed by atoms with Crippen LogP contribution in [0.5, 0.6) is 0 Å². The first-order valence-corrected chi connectivity index (χ1v) is 15.9. The third-order valence-corrected chi connectivity index (χ3v) is 8.84. The van der Waals surface area contributed by atoms with Crippen molar-refractivity contribution in [2.75, 3.05) is 10.8 Å². The molecule has 0 radical (unpaired) electrons. The van der Waals surface area contributed by atoms with Gasteiger partial charge in [-0.15, -0.1) is 0 Å². The molecule has 1 N–H and O–H groups in total. The Labute approximate surface area is 252 Å². The zero-order valence-electron chi connectivity index (χ0n) is 26.1. The number of hydrogen-bond donors (Lipinski definition) is 1. The lowest BCUT2D eigenvalue weighted by Gasteiger charge is -2.35. The van der Waals surface area contributed by atoms with Crippen molar-refractivity contribution in [2.24, 2.45) is 0 Å². The quantitative estimate of drug-likeness (QED) is 0.282. The summed E-state index contributed by atoms with van der Waals surface area (Å²) in [5.74, 6) is -0.476. The molecule has 226 valence electrons. The first kappa shape index (κ1) is 32.9. The van der Waals surface area contributed by atoms with Crippen LogP contribution in [0.1, 0.15) is 76.1 Å². The molecule has 7 nitrogen and oxygen atoms in total. The van der Waals surface area contributed by atoms with Crippen LogP contribution in [-0.4, -0.2) is 43.3 Å². The molecule has 2 amide bonds. The number of aryl methyl sites for hydroxylation is 2. The van der Waals surface area contributed by atoms with Gasteiger partial charge in [0.1, 0.15) is 12.6 Å². The molecule has 3 rings (SSSR count). The molecule has 3 aromatic carbocycles. The van der Waals surface area contributed by atoms with Gasteiger partial charge in [0.15, 0.2) is 0 Å². The van der Waals surface area contributed by atoms with Crippen LogP contribution in [0, 0.1) is 13.8 Å². The summed E-state index contributed by atoms with van der Waals surface area (Å²) in [4.78, 5) is 29.3. The molecule has 42 heavy (non-hydrogen) atoms. The lowest BCUT2D eigenvalue weighted by molar-refractivity contribution is -0.141. The fraction of sp³-hybridized carbons (Fsp3) is 0.412. The molecule has 0 heterocycles. The van der Waals surface area contributed by atoms with Crippen molar-refractivity contribution in [3.05, 3.63) is 95.1 Å². The van der Waals surface area contributed by atoms with Crippen molar-refractivity contribution < 1.29 is 18.0 Å². The number of benzene rings is 3. The third kappa shape index (κ3) is 8.44. The molecule has 0 aliphatic heterocycles. The van der Waals surface area contributed by atoms with Gasteiger partial charge < -0.3 is 10.2 Å². The summed E-state index contributed by atoms with van der Waals surface area (Å²) in [6, 6.07) is 20.8. The molecule has 0 unspecified atom stereocenters. The Balaban J connectivity index is 2.09. The largest absolute Gasteiger partial charge is 0.350 e. The van der Waals surface area contributed by atoms with Crippen molar-refractivity contribution in [3.63, 3.8) is 0 Å². The summed E-state index contributed by atoms with van der Waals surface area (Å²) in [5, 5.41) is 3.00. The highest BCUT2D eigenvalue weighted by Crippen LogP contribution is 2.27. The Morgan fingerprint density at radius 3 is 2.02 bits per heavy atom. The topological polar surface area (TPSA) is 86.8 Å². The van der Waals surface area contributed by atoms with E-state index in [9.17, 15) is 18.0 Å². The van der Waals surface area contributed by atoms with Crippen LogP contribution < -0.4 is 9.62 Å². The van der Waals surface area contributed by atoms with E-state index in [-0.39, 0.29) is 23.3 Å². The highest BCUT2D eigenvalue weighted by atomic mass is 32.2. The predicted molar refractivity (Wildman–Crippen MR) is 170 cm³/mol. The number of amides is 2. The lowest BCUT2D eigenvalue weighted by Crippen LogP contribution is -2.55. The van der Waals surface area contributed by atoms with E-state index in [0.29, 0.717) is 12.1 Å². The van der Waals surface area contributed by atoms with Crippen LogP contribution in [0.25, 0.3) is 0 Å². The van der Waals surface area contributed by atoms with E-state index >= 15 is 0 Å². The molecule has 8 heteroatoms. The van der Waals surface area contributed by atoms with Gasteiger partial charge in [-0.3, -0.25) is 13.9 Å². The van der Waals surface area contributed by atoms with E-state index in [1.165, 1.54) is 4.90 Å². The minimum Gasteiger partial charge on any atom is -0.350 e. The second-order valence-corrected chi connectivity index (χ2v) is 14.1. The average Bonchev–Trinajstić information content (AvgIpc) is 2.90. The van der Waals surface area contributed by atoms with Crippen LogP contribution in [0.15, 0.2) is 77.7 Å². The average molecular weight is 592 g/mol. The number of carbonyl (C=O) groups is 2. The van der Waals surface area contributed by atoms with Crippen molar-refractivity contribution in [1.82, 2.24) is 10.2 Å². The molecule has 0 saturated heterocycles. The zero-order valence-corrected chi connectivity index (χ0v) is 27.0. The van der Waals surface area contributed by atoms with E-state index in [0.717, 1.165) is 26.6 Å². The highest BCUT2D eigenvalue weighted by molar-refractivity contribution is 7.92. The fourth-order valence-electron chi connectivity index (χ4n) is 4.77. The molecule has 0 fully saturated rings. The number of sulfonamides is 1. The molecule has 0 saturated carbocycles. The van der Waals surface area contributed by atoms with Gasteiger partial charge in [0.05, 0.1) is 10.6 Å². The third-order valence-electron chi connectivity index (χ3n) is 7.06. The lowest BCUT2D eigenvalue weighted by atomic mass is 10.0. The number of anilines is 1. The maximum Gasteiger partial charge on any atom is 0.264 e. The van der Waals surface area contributed by atoms with Gasteiger partial charge in [-0.1, -0.05) is 80.4 Å². The van der Waals surface area contributed by atoms with Crippen LogP contribution >= 0.6 is 0 Å². The predicted octanol–water partition coefficient (Wildman–Crippen LogP) is 6.34. The normalized spacial score (nSPS) is 12.6. The van der Waals surface area contributed by atoms with Gasteiger partial charge in [-0.25, -0.2) is 8.42 Å². The molecule has 0 spiro atoms. The number of rotatable bonds is 11. The van der Waals surface area contributed by atoms with Crippen molar-refractivity contribution in [3.8, 4) is 0 Å². The van der Waals surface area contributed by atoms with Gasteiger partial charge >= 0.3 is 0 Å². The van der Waals surface area contributed by atoms with Crippen LogP contribution in [0.3, 0.4) is 0 Å². The van der Waals surface area contributed by atoms with Gasteiger partial charge in [0, 0.05) is 12.1 Å². The van der Waals surface area contributed by atoms with Crippen molar-refractivity contribution in [2.45, 2.75) is 90.7 Å². The second kappa shape index (κ2) is 13.6. The summed E-state index contributed by atoms with van der Waals surface area (Å²) in [5.41, 5.74) is 3.76. The fourth-order valence-corrected chi connectivity index (χ4v) is 6.19. The van der Waals surface area contributed by atoms with Gasteiger partial charge in [0.2, 0.25) is 11.8 Å². The smallest absolute Gasteiger partial charge is 0.264 e. The Hall–Kier alpha value is -3.65. The number of hydrogen-bond acceptors (Lipinski definition) is 4. The zero-order chi connectivity index (χ0) is 31.2. The summed E-state index contributed by atoms with van der Waals surface area (Å²) in [7, 11) is -4.11. The summed E-state index contributed by atoms with van der Waals surface area (Å²) in [6.07, 6.45) is 0.368. The summed E-state index contributed by atoms with van der Waals surface area (Å²) < 4.78 is 29.3. The van der Waals surface area contributed by atoms with Gasteiger partial charge in [-0.2, -0.15) is 0 Å². The van der Waals surface area contributed by atoms with Crippen LogP contribution in [0.2, 0.25) is 0 Å². The summed E-state index contributed by atoms with van der Waals surface area (Å²) >= 11 is 0. The summed E-state index contributed by atoms with van der Waals surface area (Å²) in [6.45, 7) is 15.2. The van der Waals surface area contributed by atoms with Gasteiger partial charge in [-0.05, 0) is 82.3 Å². The van der Waals surface area contributed by atoms with E-state index in [1.54, 1.807) is 36.4 Å². The first-order valence-electron chi connectivity index (χ1n) is 14.5. The Kier molecular flexibility index (Phi) is 10.6. The number of carbonyl (C=O) groups excluding carboxylic acids is 2. The van der Waals surface area contributed by atoms with Gasteiger partial charge in [0.25, 0.3) is 10.0 Å². The monoisotopic (exact) mass is 591 g/mol. The van der Waals surface area contributed by atoms with E-state index in [4.69, 9.17) is 0 Å². The standard InChI is InChI=1S/C34H45N3O4S/c1-9-31(33(39)35-34(6,7)8)36(22-27-12-10-11-26(5)21-27)32(38)23-37(29-17-15-28(16-18-29)24(2)3)42(40,41)30-19-13-25(4)14-20-30/h10-21,24,31H,9,22-23H2,1-8H3,(H,35,39)/t31-/m0/s1. The van der Waals surface area contributed by atoms with Crippen molar-refractivity contribution in [1.29, 1.82) is 0 Å². The molecule has 0 aliphatic rings. The Morgan fingerprint density at radius 1 is 0.881 bits per heavy atom. The second-order valence-electron chi connectivity index (χ2n) is 12.2. The van der Waals surface area contributed by atoms with Crippen molar-refractivity contribution >= 4 is 27.5 Å². The SMILES string of the molecule is CC[C@@H](C(=O)NC(C)(C)C)N(Cc1cccc(C)c1)C(=O)CN(c1ccc(C(C)C)cc1)S(=O)(=O)c1ccc(C)cc1. The van der Waals surface area contributed by atoms with Crippen LogP contribution in [0.4, 0.5) is 5.69 Å².